The monoisotopic (exact) mass is 338 g/mol. The summed E-state index contributed by atoms with van der Waals surface area (Å²) in [6.45, 7) is 5.10. The summed E-state index contributed by atoms with van der Waals surface area (Å²) in [5, 5.41) is 3.14. The fourth-order valence-corrected chi connectivity index (χ4v) is 3.81. The predicted molar refractivity (Wildman–Crippen MR) is 89.1 cm³/mol. The quantitative estimate of drug-likeness (QED) is 0.838. The van der Waals surface area contributed by atoms with Crippen LogP contribution >= 0.6 is 11.3 Å². The summed E-state index contributed by atoms with van der Waals surface area (Å²) < 4.78 is 4.81. The number of carbonyl (C=O) groups is 3. The molecule has 1 N–H and O–H groups in total. The first-order valence-corrected chi connectivity index (χ1v) is 8.62. The third kappa shape index (κ3) is 3.72. The van der Waals surface area contributed by atoms with Gasteiger partial charge in [0.05, 0.1) is 17.6 Å². The number of nitrogens with one attached hydrogen (secondary N) is 1. The number of rotatable bonds is 5. The van der Waals surface area contributed by atoms with E-state index in [0.29, 0.717) is 28.3 Å². The molecule has 1 aromatic heterocycles. The molecule has 6 nitrogen and oxygen atoms in total. The number of carbonyl (C=O) groups excluding carboxylic acids is 3. The first kappa shape index (κ1) is 17.5. The molecule has 0 spiro atoms. The Bertz CT molecular complexity index is 618. The van der Waals surface area contributed by atoms with Crippen LogP contribution in [0.4, 0.5) is 5.00 Å². The number of anilines is 1. The summed E-state index contributed by atoms with van der Waals surface area (Å²) in [5.41, 5.74) is 0.857. The van der Waals surface area contributed by atoms with Gasteiger partial charge in [-0.1, -0.05) is 6.92 Å². The lowest BCUT2D eigenvalue weighted by Gasteiger charge is -2.14. The molecule has 0 aliphatic carbocycles. The lowest BCUT2D eigenvalue weighted by atomic mass is 10.1. The third-order valence-electron chi connectivity index (χ3n) is 3.85. The third-order valence-corrected chi connectivity index (χ3v) is 5.05. The van der Waals surface area contributed by atoms with Crippen LogP contribution in [-0.4, -0.2) is 42.9 Å². The van der Waals surface area contributed by atoms with Crippen molar-refractivity contribution < 1.29 is 19.1 Å². The number of hydrogen-bond acceptors (Lipinski definition) is 5. The molecular weight excluding hydrogens is 316 g/mol. The second kappa shape index (κ2) is 7.59. The molecule has 23 heavy (non-hydrogen) atoms. The van der Waals surface area contributed by atoms with Crippen LogP contribution in [0.2, 0.25) is 0 Å². The summed E-state index contributed by atoms with van der Waals surface area (Å²) in [4.78, 5) is 38.8. The van der Waals surface area contributed by atoms with Gasteiger partial charge in [0.25, 0.3) is 5.91 Å². The van der Waals surface area contributed by atoms with Crippen molar-refractivity contribution in [1.29, 1.82) is 0 Å². The Balaban J connectivity index is 2.36. The smallest absolute Gasteiger partial charge is 0.341 e. The fourth-order valence-electron chi connectivity index (χ4n) is 2.63. The van der Waals surface area contributed by atoms with E-state index in [1.165, 1.54) is 7.11 Å². The van der Waals surface area contributed by atoms with Crippen LogP contribution in [0.25, 0.3) is 0 Å². The van der Waals surface area contributed by atoms with Gasteiger partial charge in [0.1, 0.15) is 5.00 Å². The highest BCUT2D eigenvalue weighted by Crippen LogP contribution is 2.35. The predicted octanol–water partition coefficient (Wildman–Crippen LogP) is 2.82. The molecule has 0 bridgehead atoms. The van der Waals surface area contributed by atoms with Gasteiger partial charge in [-0.25, -0.2) is 4.79 Å². The largest absolute Gasteiger partial charge is 0.465 e. The maximum Gasteiger partial charge on any atom is 0.341 e. The van der Waals surface area contributed by atoms with Gasteiger partial charge in [0.2, 0.25) is 5.91 Å². The van der Waals surface area contributed by atoms with E-state index in [1.54, 1.807) is 11.8 Å². The molecular formula is C16H22N2O4S. The zero-order valence-corrected chi connectivity index (χ0v) is 14.5. The molecule has 0 atom stereocenters. The average molecular weight is 338 g/mol. The van der Waals surface area contributed by atoms with Crippen LogP contribution in [0.15, 0.2) is 0 Å². The molecule has 2 rings (SSSR count). The molecule has 1 aromatic rings. The normalized spacial score (nSPS) is 14.0. The van der Waals surface area contributed by atoms with Crippen molar-refractivity contribution in [3.05, 3.63) is 16.0 Å². The highest BCUT2D eigenvalue weighted by Gasteiger charge is 2.29. The minimum atomic E-state index is -0.536. The van der Waals surface area contributed by atoms with E-state index in [-0.39, 0.29) is 17.4 Å². The highest BCUT2D eigenvalue weighted by molar-refractivity contribution is 7.18. The summed E-state index contributed by atoms with van der Waals surface area (Å²) in [5.74, 6) is -0.781. The summed E-state index contributed by atoms with van der Waals surface area (Å²) in [6.07, 6.45) is 3.08. The van der Waals surface area contributed by atoms with Crippen molar-refractivity contribution in [2.75, 3.05) is 25.5 Å². The molecule has 1 fully saturated rings. The minimum Gasteiger partial charge on any atom is -0.465 e. The number of esters is 1. The van der Waals surface area contributed by atoms with Crippen LogP contribution < -0.4 is 5.32 Å². The molecule has 0 saturated carbocycles. The Hall–Kier alpha value is -1.89. The maximum absolute atomic E-state index is 12.6. The second-order valence-corrected chi connectivity index (χ2v) is 6.57. The molecule has 0 unspecified atom stereocenters. The van der Waals surface area contributed by atoms with E-state index in [1.807, 2.05) is 6.92 Å². The first-order valence-electron chi connectivity index (χ1n) is 7.80. The lowest BCUT2D eigenvalue weighted by molar-refractivity contribution is -0.116. The molecule has 0 radical (unpaired) electrons. The van der Waals surface area contributed by atoms with Crippen molar-refractivity contribution in [1.82, 2.24) is 4.90 Å². The van der Waals surface area contributed by atoms with Crippen LogP contribution in [0.1, 0.15) is 58.2 Å². The Kier molecular flexibility index (Phi) is 5.76. The second-order valence-electron chi connectivity index (χ2n) is 5.55. The van der Waals surface area contributed by atoms with E-state index < -0.39 is 5.97 Å². The molecule has 1 aliphatic rings. The van der Waals surface area contributed by atoms with Crippen molar-refractivity contribution in [2.45, 2.75) is 39.5 Å². The summed E-state index contributed by atoms with van der Waals surface area (Å²) >= 11 is 1.15. The molecule has 7 heteroatoms. The zero-order valence-electron chi connectivity index (χ0n) is 13.7. The van der Waals surface area contributed by atoms with Crippen LogP contribution in [0.3, 0.4) is 0 Å². The molecule has 0 aromatic carbocycles. The Morgan fingerprint density at radius 3 is 2.48 bits per heavy atom. The summed E-state index contributed by atoms with van der Waals surface area (Å²) in [6, 6.07) is 0. The van der Waals surface area contributed by atoms with Gasteiger partial charge >= 0.3 is 5.97 Å². The van der Waals surface area contributed by atoms with Crippen LogP contribution in [0, 0.1) is 6.92 Å². The molecule has 2 amide bonds. The molecule has 126 valence electrons. The van der Waals surface area contributed by atoms with E-state index >= 15 is 0 Å². The molecule has 2 heterocycles. The van der Waals surface area contributed by atoms with E-state index in [2.05, 4.69) is 5.32 Å². The van der Waals surface area contributed by atoms with Gasteiger partial charge in [-0.05, 0) is 31.7 Å². The number of thiophene rings is 1. The van der Waals surface area contributed by atoms with Gasteiger partial charge < -0.3 is 15.0 Å². The molecule has 1 aliphatic heterocycles. The van der Waals surface area contributed by atoms with Gasteiger partial charge in [0.15, 0.2) is 0 Å². The van der Waals surface area contributed by atoms with E-state index in [4.69, 9.17) is 4.74 Å². The minimum absolute atomic E-state index is 0.0776. The highest BCUT2D eigenvalue weighted by atomic mass is 32.1. The Morgan fingerprint density at radius 2 is 1.91 bits per heavy atom. The van der Waals surface area contributed by atoms with Gasteiger partial charge in [0, 0.05) is 19.5 Å². The number of ether oxygens (including phenoxy) is 1. The maximum atomic E-state index is 12.6. The lowest BCUT2D eigenvalue weighted by Crippen LogP contribution is -2.27. The van der Waals surface area contributed by atoms with Crippen molar-refractivity contribution in [2.24, 2.45) is 0 Å². The standard InChI is InChI=1S/C16H22N2O4S/c1-4-7-11(19)17-14-12(16(21)22-3)10(2)13(23-14)15(20)18-8-5-6-9-18/h4-9H2,1-3H3,(H,17,19). The van der Waals surface area contributed by atoms with E-state index in [9.17, 15) is 14.4 Å². The Labute approximate surface area is 139 Å². The van der Waals surface area contributed by atoms with Crippen molar-refractivity contribution in [3.8, 4) is 0 Å². The van der Waals surface area contributed by atoms with Crippen molar-refractivity contribution in [3.63, 3.8) is 0 Å². The van der Waals surface area contributed by atoms with Crippen molar-refractivity contribution >= 4 is 34.1 Å². The average Bonchev–Trinajstić information content (AvgIpc) is 3.15. The SMILES string of the molecule is CCCC(=O)Nc1sc(C(=O)N2CCCC2)c(C)c1C(=O)OC. The van der Waals surface area contributed by atoms with Crippen LogP contribution in [-0.2, 0) is 9.53 Å². The summed E-state index contributed by atoms with van der Waals surface area (Å²) in [7, 11) is 1.29. The number of amides is 2. The Morgan fingerprint density at radius 1 is 1.26 bits per heavy atom. The zero-order chi connectivity index (χ0) is 17.0. The topological polar surface area (TPSA) is 75.7 Å². The number of likely N-dealkylation sites (tertiary alicyclic amines) is 1. The van der Waals surface area contributed by atoms with E-state index in [0.717, 1.165) is 37.3 Å². The van der Waals surface area contributed by atoms with Gasteiger partial charge in [-0.3, -0.25) is 9.59 Å². The fraction of sp³-hybridized carbons (Fsp3) is 0.562. The number of methoxy groups -OCH3 is 1. The van der Waals surface area contributed by atoms with Gasteiger partial charge in [-0.2, -0.15) is 0 Å². The van der Waals surface area contributed by atoms with Gasteiger partial charge in [-0.15, -0.1) is 11.3 Å². The van der Waals surface area contributed by atoms with Crippen LogP contribution in [0.5, 0.6) is 0 Å². The number of hydrogen-bond donors (Lipinski definition) is 1. The number of nitrogens with zero attached hydrogens (tertiary/aromatic N) is 1. The first-order chi connectivity index (χ1) is 11.0. The molecule has 1 saturated heterocycles.